The number of hydrogen-bond acceptors (Lipinski definition) is 10. The average molecular weight is 391 g/mol. The van der Waals surface area contributed by atoms with Gasteiger partial charge in [0.05, 0.1) is 26.0 Å². The van der Waals surface area contributed by atoms with Crippen LogP contribution in [0.4, 0.5) is 5.82 Å². The van der Waals surface area contributed by atoms with Gasteiger partial charge in [0.15, 0.2) is 17.7 Å². The van der Waals surface area contributed by atoms with Gasteiger partial charge in [-0.1, -0.05) is 5.92 Å². The summed E-state index contributed by atoms with van der Waals surface area (Å²) in [4.78, 5) is 23.8. The SMILES string of the molecule is CCOC(=O)CCC#Cc1nc(N)c2ncn([C@@H]3O[C@H](CO)[C@@H](O)[C@H]3O)c2n1. The Morgan fingerprint density at radius 3 is 2.86 bits per heavy atom. The third-order valence-corrected chi connectivity index (χ3v) is 4.20. The second kappa shape index (κ2) is 8.49. The Morgan fingerprint density at radius 2 is 2.18 bits per heavy atom. The highest BCUT2D eigenvalue weighted by molar-refractivity contribution is 5.82. The zero-order valence-corrected chi connectivity index (χ0v) is 15.1. The summed E-state index contributed by atoms with van der Waals surface area (Å²) < 4.78 is 11.7. The summed E-state index contributed by atoms with van der Waals surface area (Å²) in [6, 6.07) is 0. The van der Waals surface area contributed by atoms with Gasteiger partial charge in [-0.15, -0.1) is 0 Å². The van der Waals surface area contributed by atoms with Crippen molar-refractivity contribution in [2.75, 3.05) is 18.9 Å². The molecule has 0 unspecified atom stereocenters. The van der Waals surface area contributed by atoms with Crippen LogP contribution in [0, 0.1) is 11.8 Å². The number of nitrogens with two attached hydrogens (primary N) is 1. The molecule has 28 heavy (non-hydrogen) atoms. The highest BCUT2D eigenvalue weighted by atomic mass is 16.6. The molecule has 11 heteroatoms. The van der Waals surface area contributed by atoms with Gasteiger partial charge in [-0.25, -0.2) is 15.0 Å². The van der Waals surface area contributed by atoms with Crippen molar-refractivity contribution in [1.29, 1.82) is 0 Å². The molecule has 0 spiro atoms. The number of nitrogen functional groups attached to an aromatic ring is 1. The topological polar surface area (TPSA) is 166 Å². The fourth-order valence-electron chi connectivity index (χ4n) is 2.83. The molecule has 1 fully saturated rings. The molecule has 1 aliphatic heterocycles. The van der Waals surface area contributed by atoms with Crippen LogP contribution >= 0.6 is 0 Å². The molecule has 1 aliphatic rings. The number of imidazole rings is 1. The Bertz CT molecular complexity index is 920. The summed E-state index contributed by atoms with van der Waals surface area (Å²) in [6.07, 6.45) is -2.70. The van der Waals surface area contributed by atoms with Crippen molar-refractivity contribution in [3.05, 3.63) is 12.2 Å². The summed E-state index contributed by atoms with van der Waals surface area (Å²) in [6.45, 7) is 1.59. The van der Waals surface area contributed by atoms with Gasteiger partial charge < -0.3 is 30.5 Å². The van der Waals surface area contributed by atoms with Crippen LogP contribution < -0.4 is 5.73 Å². The van der Waals surface area contributed by atoms with Gasteiger partial charge >= 0.3 is 5.97 Å². The molecule has 2 aromatic rings. The molecule has 150 valence electrons. The predicted molar refractivity (Wildman–Crippen MR) is 95.5 cm³/mol. The highest BCUT2D eigenvalue weighted by Crippen LogP contribution is 2.31. The fourth-order valence-corrected chi connectivity index (χ4v) is 2.83. The van der Waals surface area contributed by atoms with Crippen LogP contribution in [-0.2, 0) is 14.3 Å². The number of ether oxygens (including phenoxy) is 2. The van der Waals surface area contributed by atoms with E-state index < -0.39 is 31.1 Å². The van der Waals surface area contributed by atoms with Crippen LogP contribution in [0.25, 0.3) is 11.2 Å². The van der Waals surface area contributed by atoms with Crippen molar-refractivity contribution in [1.82, 2.24) is 19.5 Å². The third-order valence-electron chi connectivity index (χ3n) is 4.20. The molecule has 11 nitrogen and oxygen atoms in total. The minimum absolute atomic E-state index is 0.0881. The number of hydrogen-bond donors (Lipinski definition) is 4. The number of carbonyl (C=O) groups excluding carboxylic acids is 1. The van der Waals surface area contributed by atoms with E-state index >= 15 is 0 Å². The van der Waals surface area contributed by atoms with Gasteiger partial charge in [0.1, 0.15) is 23.8 Å². The number of fused-ring (bicyclic) bond motifs is 1. The first-order valence-corrected chi connectivity index (χ1v) is 8.73. The van der Waals surface area contributed by atoms with Crippen LogP contribution in [0.15, 0.2) is 6.33 Å². The number of aliphatic hydroxyl groups is 3. The number of carbonyl (C=O) groups is 1. The first-order chi connectivity index (χ1) is 13.5. The van der Waals surface area contributed by atoms with E-state index in [0.29, 0.717) is 6.61 Å². The zero-order valence-electron chi connectivity index (χ0n) is 15.1. The summed E-state index contributed by atoms with van der Waals surface area (Å²) in [5, 5.41) is 29.4. The lowest BCUT2D eigenvalue weighted by Gasteiger charge is -2.16. The molecule has 0 radical (unpaired) electrons. The van der Waals surface area contributed by atoms with Crippen molar-refractivity contribution < 1.29 is 29.6 Å². The van der Waals surface area contributed by atoms with Crippen LogP contribution in [0.1, 0.15) is 31.8 Å². The maximum atomic E-state index is 11.3. The second-order valence-corrected chi connectivity index (χ2v) is 6.09. The number of aromatic nitrogens is 4. The Kier molecular flexibility index (Phi) is 6.05. The number of rotatable bonds is 5. The molecule has 0 aromatic carbocycles. The van der Waals surface area contributed by atoms with Crippen molar-refractivity contribution in [2.45, 2.75) is 44.3 Å². The van der Waals surface area contributed by atoms with Gasteiger partial charge in [0.25, 0.3) is 0 Å². The van der Waals surface area contributed by atoms with Crippen molar-refractivity contribution in [2.24, 2.45) is 0 Å². The smallest absolute Gasteiger partial charge is 0.306 e. The standard InChI is InChI=1S/C17H21N5O6/c1-2-27-11(24)6-4-3-5-10-20-15(18)12-16(21-10)22(8-19-12)17-14(26)13(25)9(7-23)28-17/h8-9,13-14,17,23,25-26H,2,4,6-7H2,1H3,(H2,18,20,21)/t9-,13-,14-,17-/m1/s1. The zero-order chi connectivity index (χ0) is 20.3. The second-order valence-electron chi connectivity index (χ2n) is 6.09. The molecular weight excluding hydrogens is 370 g/mol. The molecule has 0 bridgehead atoms. The molecule has 0 aliphatic carbocycles. The maximum absolute atomic E-state index is 11.3. The van der Waals surface area contributed by atoms with E-state index in [1.54, 1.807) is 6.92 Å². The molecule has 4 atom stereocenters. The summed E-state index contributed by atoms with van der Waals surface area (Å²) in [7, 11) is 0. The van der Waals surface area contributed by atoms with Crippen LogP contribution in [0.5, 0.6) is 0 Å². The molecule has 3 heterocycles. The third kappa shape index (κ3) is 3.90. The van der Waals surface area contributed by atoms with Gasteiger partial charge in [0, 0.05) is 6.42 Å². The Hall–Kier alpha value is -2.78. The lowest BCUT2D eigenvalue weighted by Crippen LogP contribution is -2.33. The molecule has 3 rings (SSSR count). The quantitative estimate of drug-likeness (QED) is 0.356. The highest BCUT2D eigenvalue weighted by Gasteiger charge is 2.44. The molecule has 2 aromatic heterocycles. The average Bonchev–Trinajstić information content (AvgIpc) is 3.21. The van der Waals surface area contributed by atoms with Crippen LogP contribution in [0.3, 0.4) is 0 Å². The Balaban J connectivity index is 1.85. The van der Waals surface area contributed by atoms with Crippen LogP contribution in [-0.4, -0.2) is 72.3 Å². The summed E-state index contributed by atoms with van der Waals surface area (Å²) in [5.41, 5.74) is 6.46. The van der Waals surface area contributed by atoms with E-state index in [4.69, 9.17) is 15.2 Å². The predicted octanol–water partition coefficient (Wildman–Crippen LogP) is -1.29. The molecule has 0 amide bonds. The normalized spacial score (nSPS) is 24.1. The van der Waals surface area contributed by atoms with Crippen molar-refractivity contribution >= 4 is 23.0 Å². The monoisotopic (exact) mass is 391 g/mol. The van der Waals surface area contributed by atoms with Gasteiger partial charge in [-0.05, 0) is 12.8 Å². The number of anilines is 1. The van der Waals surface area contributed by atoms with E-state index in [1.165, 1.54) is 10.9 Å². The minimum Gasteiger partial charge on any atom is -0.466 e. The van der Waals surface area contributed by atoms with Gasteiger partial charge in [0.2, 0.25) is 5.82 Å². The molecular formula is C17H21N5O6. The van der Waals surface area contributed by atoms with E-state index in [0.717, 1.165) is 0 Å². The van der Waals surface area contributed by atoms with E-state index in [-0.39, 0.29) is 41.6 Å². The van der Waals surface area contributed by atoms with E-state index in [2.05, 4.69) is 26.8 Å². The number of esters is 1. The lowest BCUT2D eigenvalue weighted by atomic mass is 10.1. The van der Waals surface area contributed by atoms with Crippen molar-refractivity contribution in [3.63, 3.8) is 0 Å². The van der Waals surface area contributed by atoms with Crippen LogP contribution in [0.2, 0.25) is 0 Å². The van der Waals surface area contributed by atoms with Gasteiger partial charge in [-0.3, -0.25) is 9.36 Å². The first kappa shape index (κ1) is 20.0. The molecule has 1 saturated heterocycles. The molecule has 0 saturated carbocycles. The fraction of sp³-hybridized carbons (Fsp3) is 0.529. The summed E-state index contributed by atoms with van der Waals surface area (Å²) in [5.74, 6) is 5.37. The first-order valence-electron chi connectivity index (χ1n) is 8.73. The largest absolute Gasteiger partial charge is 0.466 e. The minimum atomic E-state index is -1.29. The lowest BCUT2D eigenvalue weighted by molar-refractivity contribution is -0.142. The van der Waals surface area contributed by atoms with Gasteiger partial charge in [-0.2, -0.15) is 0 Å². The van der Waals surface area contributed by atoms with E-state index in [9.17, 15) is 20.1 Å². The summed E-state index contributed by atoms with van der Waals surface area (Å²) >= 11 is 0. The Morgan fingerprint density at radius 1 is 1.39 bits per heavy atom. The number of nitrogens with zero attached hydrogens (tertiary/aromatic N) is 4. The molecule has 5 N–H and O–H groups in total. The van der Waals surface area contributed by atoms with E-state index in [1.807, 2.05) is 0 Å². The Labute approximate surface area is 160 Å². The van der Waals surface area contributed by atoms with Crippen molar-refractivity contribution in [3.8, 4) is 11.8 Å². The number of aliphatic hydroxyl groups excluding tert-OH is 3. The maximum Gasteiger partial charge on any atom is 0.306 e.